The third-order valence-corrected chi connectivity index (χ3v) is 1.17. The van der Waals surface area contributed by atoms with Gasteiger partial charge in [0.15, 0.2) is 6.23 Å². The van der Waals surface area contributed by atoms with Gasteiger partial charge >= 0.3 is 0 Å². The molecule has 0 aliphatic heterocycles. The molecule has 2 N–H and O–H groups in total. The second-order valence-electron chi connectivity index (χ2n) is 2.12. The largest absolute Gasteiger partial charge is 0.421 e. The van der Waals surface area contributed by atoms with Gasteiger partial charge < -0.3 is 9.52 Å². The van der Waals surface area contributed by atoms with E-state index >= 15 is 0 Å². The molecular weight excluding hydrogens is 146 g/mol. The van der Waals surface area contributed by atoms with Gasteiger partial charge in [-0.1, -0.05) is 6.92 Å². The third kappa shape index (κ3) is 1.99. The van der Waals surface area contributed by atoms with E-state index in [-0.39, 0.29) is 5.89 Å². The van der Waals surface area contributed by atoms with Crippen molar-refractivity contribution in [3.05, 3.63) is 11.8 Å². The number of rotatable bonds is 3. The van der Waals surface area contributed by atoms with Crippen LogP contribution < -0.4 is 5.32 Å². The van der Waals surface area contributed by atoms with Gasteiger partial charge in [-0.25, -0.2) is 0 Å². The Hall–Kier alpha value is -0.940. The molecule has 11 heavy (non-hydrogen) atoms. The van der Waals surface area contributed by atoms with E-state index in [4.69, 9.17) is 4.42 Å². The summed E-state index contributed by atoms with van der Waals surface area (Å²) in [5, 5.41) is 19.2. The maximum absolute atomic E-state index is 9.23. The van der Waals surface area contributed by atoms with E-state index < -0.39 is 6.23 Å². The summed E-state index contributed by atoms with van der Waals surface area (Å²) in [6.07, 6.45) is -0.846. The van der Waals surface area contributed by atoms with Crippen LogP contribution in [0.2, 0.25) is 0 Å². The first-order chi connectivity index (χ1) is 5.24. The van der Waals surface area contributed by atoms with Crippen molar-refractivity contribution in [1.29, 1.82) is 0 Å². The molecule has 5 nitrogen and oxygen atoms in total. The predicted molar refractivity (Wildman–Crippen MR) is 37.7 cm³/mol. The molecule has 0 saturated heterocycles. The lowest BCUT2D eigenvalue weighted by atomic mass is 10.5. The minimum absolute atomic E-state index is 0.212. The number of hydrogen-bond donors (Lipinski definition) is 2. The second-order valence-corrected chi connectivity index (χ2v) is 2.12. The van der Waals surface area contributed by atoms with Gasteiger partial charge in [0.2, 0.25) is 5.89 Å². The Bertz CT molecular complexity index is 223. The number of aliphatic hydroxyl groups excluding tert-OH is 1. The summed E-state index contributed by atoms with van der Waals surface area (Å²) in [7, 11) is 0. The average molecular weight is 157 g/mol. The lowest BCUT2D eigenvalue weighted by molar-refractivity contribution is 0.109. The van der Waals surface area contributed by atoms with Crippen molar-refractivity contribution in [3.8, 4) is 0 Å². The van der Waals surface area contributed by atoms with Crippen molar-refractivity contribution in [2.75, 3.05) is 6.54 Å². The van der Waals surface area contributed by atoms with E-state index in [1.165, 1.54) is 0 Å². The molecule has 62 valence electrons. The number of nitrogens with zero attached hydrogens (tertiary/aromatic N) is 2. The quantitative estimate of drug-likeness (QED) is 0.603. The minimum atomic E-state index is -0.846. The first-order valence-electron chi connectivity index (χ1n) is 3.45. The van der Waals surface area contributed by atoms with Crippen molar-refractivity contribution in [1.82, 2.24) is 15.5 Å². The van der Waals surface area contributed by atoms with E-state index in [1.54, 1.807) is 6.92 Å². The lowest BCUT2D eigenvalue weighted by Crippen LogP contribution is -2.20. The molecule has 1 aromatic heterocycles. The topological polar surface area (TPSA) is 71.2 Å². The first kappa shape index (κ1) is 8.16. The summed E-state index contributed by atoms with van der Waals surface area (Å²) in [4.78, 5) is 0. The van der Waals surface area contributed by atoms with Crippen LogP contribution in [0.1, 0.15) is 24.9 Å². The molecule has 0 aromatic carbocycles. The van der Waals surface area contributed by atoms with Gasteiger partial charge in [0.1, 0.15) is 0 Å². The number of aromatic nitrogens is 2. The molecule has 5 heteroatoms. The minimum Gasteiger partial charge on any atom is -0.421 e. The normalized spacial score (nSPS) is 13.4. The predicted octanol–water partition coefficient (Wildman–Crippen LogP) is -0.0216. The number of aryl methyl sites for hydroxylation is 1. The third-order valence-electron chi connectivity index (χ3n) is 1.17. The molecule has 0 radical (unpaired) electrons. The van der Waals surface area contributed by atoms with E-state index in [1.807, 2.05) is 6.92 Å². The Morgan fingerprint density at radius 1 is 1.64 bits per heavy atom. The van der Waals surface area contributed by atoms with Crippen LogP contribution in [-0.2, 0) is 0 Å². The van der Waals surface area contributed by atoms with Crippen LogP contribution in [0.5, 0.6) is 0 Å². The van der Waals surface area contributed by atoms with Gasteiger partial charge in [-0.15, -0.1) is 10.2 Å². The van der Waals surface area contributed by atoms with Crippen LogP contribution in [0, 0.1) is 6.92 Å². The smallest absolute Gasteiger partial charge is 0.259 e. The fraction of sp³-hybridized carbons (Fsp3) is 0.667. The van der Waals surface area contributed by atoms with Crippen molar-refractivity contribution in [2.24, 2.45) is 0 Å². The summed E-state index contributed by atoms with van der Waals surface area (Å²) in [5.41, 5.74) is 0. The summed E-state index contributed by atoms with van der Waals surface area (Å²) in [5.74, 6) is 0.668. The molecular formula is C6H11N3O2. The number of hydrogen-bond acceptors (Lipinski definition) is 5. The van der Waals surface area contributed by atoms with Crippen LogP contribution in [0.4, 0.5) is 0 Å². The molecule has 0 aliphatic rings. The van der Waals surface area contributed by atoms with Crippen molar-refractivity contribution >= 4 is 0 Å². The van der Waals surface area contributed by atoms with Crippen LogP contribution in [0.3, 0.4) is 0 Å². The monoisotopic (exact) mass is 157 g/mol. The number of nitrogens with one attached hydrogen (secondary N) is 1. The highest BCUT2D eigenvalue weighted by molar-refractivity contribution is 4.82. The van der Waals surface area contributed by atoms with Gasteiger partial charge in [0.05, 0.1) is 0 Å². The molecule has 0 spiro atoms. The summed E-state index contributed by atoms with van der Waals surface area (Å²) >= 11 is 0. The van der Waals surface area contributed by atoms with Gasteiger partial charge in [0.25, 0.3) is 5.89 Å². The Kier molecular flexibility index (Phi) is 2.56. The lowest BCUT2D eigenvalue weighted by Gasteiger charge is -2.04. The standard InChI is InChI=1S/C6H11N3O2/c1-3-7-5(10)6-9-8-4(2)11-6/h5,7,10H,3H2,1-2H3. The molecule has 1 atom stereocenters. The van der Waals surface area contributed by atoms with Crippen LogP contribution in [-0.4, -0.2) is 21.8 Å². The summed E-state index contributed by atoms with van der Waals surface area (Å²) in [6.45, 7) is 4.21. The van der Waals surface area contributed by atoms with Gasteiger partial charge in [0, 0.05) is 6.92 Å². The van der Waals surface area contributed by atoms with Crippen LogP contribution in [0.15, 0.2) is 4.42 Å². The molecule has 0 bridgehead atoms. The fourth-order valence-corrected chi connectivity index (χ4v) is 0.703. The van der Waals surface area contributed by atoms with E-state index in [0.717, 1.165) is 0 Å². The molecule has 0 amide bonds. The zero-order valence-corrected chi connectivity index (χ0v) is 6.53. The average Bonchev–Trinajstić information content (AvgIpc) is 2.36. The Balaban J connectivity index is 2.60. The first-order valence-corrected chi connectivity index (χ1v) is 3.45. The molecule has 0 aliphatic carbocycles. The Labute approximate surface area is 64.4 Å². The second kappa shape index (κ2) is 3.45. The van der Waals surface area contributed by atoms with Crippen molar-refractivity contribution in [2.45, 2.75) is 20.1 Å². The number of aliphatic hydroxyl groups is 1. The Morgan fingerprint density at radius 2 is 2.36 bits per heavy atom. The molecule has 1 rings (SSSR count). The maximum atomic E-state index is 9.23. The van der Waals surface area contributed by atoms with Crippen molar-refractivity contribution < 1.29 is 9.52 Å². The van der Waals surface area contributed by atoms with E-state index in [9.17, 15) is 5.11 Å². The fourth-order valence-electron chi connectivity index (χ4n) is 0.703. The van der Waals surface area contributed by atoms with Gasteiger partial charge in [-0.2, -0.15) is 0 Å². The zero-order valence-electron chi connectivity index (χ0n) is 6.53. The highest BCUT2D eigenvalue weighted by atomic mass is 16.4. The van der Waals surface area contributed by atoms with E-state index in [2.05, 4.69) is 15.5 Å². The van der Waals surface area contributed by atoms with Crippen LogP contribution >= 0.6 is 0 Å². The molecule has 1 unspecified atom stereocenters. The molecule has 0 saturated carbocycles. The van der Waals surface area contributed by atoms with Gasteiger partial charge in [-0.05, 0) is 6.54 Å². The van der Waals surface area contributed by atoms with E-state index in [0.29, 0.717) is 12.4 Å². The molecule has 1 aromatic rings. The maximum Gasteiger partial charge on any atom is 0.259 e. The highest BCUT2D eigenvalue weighted by Gasteiger charge is 2.11. The summed E-state index contributed by atoms with van der Waals surface area (Å²) < 4.78 is 4.96. The van der Waals surface area contributed by atoms with Crippen LogP contribution in [0.25, 0.3) is 0 Å². The molecule has 0 fully saturated rings. The highest BCUT2D eigenvalue weighted by Crippen LogP contribution is 2.06. The van der Waals surface area contributed by atoms with Gasteiger partial charge in [-0.3, -0.25) is 5.32 Å². The molecule has 1 heterocycles. The zero-order chi connectivity index (χ0) is 8.27. The SMILES string of the molecule is CCNC(O)c1nnc(C)o1. The van der Waals surface area contributed by atoms with Crippen molar-refractivity contribution in [3.63, 3.8) is 0 Å². The Morgan fingerprint density at radius 3 is 2.82 bits per heavy atom. The summed E-state index contributed by atoms with van der Waals surface area (Å²) in [6, 6.07) is 0.